The highest BCUT2D eigenvalue weighted by Crippen LogP contribution is 2.48. The summed E-state index contributed by atoms with van der Waals surface area (Å²) >= 11 is 14.8. The second kappa shape index (κ2) is 7.38. The van der Waals surface area contributed by atoms with E-state index in [1.54, 1.807) is 11.3 Å². The summed E-state index contributed by atoms with van der Waals surface area (Å²) in [7, 11) is 0. The number of fused-ring (bicyclic) bond motifs is 3. The lowest BCUT2D eigenvalue weighted by Crippen LogP contribution is -2.10. The third-order valence-corrected chi connectivity index (χ3v) is 7.07. The SMILES string of the molecule is Cc1cc2ccccc2c2c(N(c3ccccc3)c3cccc(Cl)c3Cl)csc12. The van der Waals surface area contributed by atoms with Crippen LogP contribution in [0.15, 0.2) is 84.2 Å². The second-order valence-corrected chi connectivity index (χ2v) is 8.65. The topological polar surface area (TPSA) is 3.24 Å². The first-order chi connectivity index (χ1) is 14.1. The average molecular weight is 434 g/mol. The number of anilines is 3. The molecule has 5 rings (SSSR count). The number of benzene rings is 4. The number of hydrogen-bond donors (Lipinski definition) is 0. The van der Waals surface area contributed by atoms with Crippen LogP contribution in [0.2, 0.25) is 10.0 Å². The predicted molar refractivity (Wildman–Crippen MR) is 129 cm³/mol. The molecule has 4 aromatic carbocycles. The fraction of sp³-hybridized carbons (Fsp3) is 0.0400. The fourth-order valence-electron chi connectivity index (χ4n) is 3.86. The van der Waals surface area contributed by atoms with E-state index in [0.29, 0.717) is 10.0 Å². The van der Waals surface area contributed by atoms with Crippen LogP contribution in [0.3, 0.4) is 0 Å². The number of halogens is 2. The lowest BCUT2D eigenvalue weighted by atomic mass is 10.0. The lowest BCUT2D eigenvalue weighted by molar-refractivity contribution is 1.31. The van der Waals surface area contributed by atoms with E-state index in [9.17, 15) is 0 Å². The summed E-state index contributed by atoms with van der Waals surface area (Å²) < 4.78 is 1.29. The number of rotatable bonds is 3. The third kappa shape index (κ3) is 3.08. The number of hydrogen-bond acceptors (Lipinski definition) is 2. The molecule has 0 unspecified atom stereocenters. The highest BCUT2D eigenvalue weighted by Gasteiger charge is 2.21. The first kappa shape index (κ1) is 18.5. The summed E-state index contributed by atoms with van der Waals surface area (Å²) in [5.74, 6) is 0. The fourth-order valence-corrected chi connectivity index (χ4v) is 5.27. The van der Waals surface area contributed by atoms with E-state index in [1.807, 2.05) is 36.4 Å². The number of para-hydroxylation sites is 1. The van der Waals surface area contributed by atoms with Gasteiger partial charge in [-0.25, -0.2) is 0 Å². The van der Waals surface area contributed by atoms with Crippen LogP contribution in [0.5, 0.6) is 0 Å². The van der Waals surface area contributed by atoms with Gasteiger partial charge in [0.2, 0.25) is 0 Å². The maximum atomic E-state index is 6.69. The highest BCUT2D eigenvalue weighted by molar-refractivity contribution is 7.18. The molecule has 0 aliphatic heterocycles. The van der Waals surface area contributed by atoms with Crippen molar-refractivity contribution in [3.8, 4) is 0 Å². The average Bonchev–Trinajstić information content (AvgIpc) is 3.18. The van der Waals surface area contributed by atoms with E-state index in [1.165, 1.54) is 26.4 Å². The molecule has 0 saturated carbocycles. The molecule has 142 valence electrons. The summed E-state index contributed by atoms with van der Waals surface area (Å²) in [5.41, 5.74) is 4.30. The van der Waals surface area contributed by atoms with Crippen molar-refractivity contribution in [2.75, 3.05) is 4.90 Å². The van der Waals surface area contributed by atoms with Crippen LogP contribution in [0, 0.1) is 6.92 Å². The summed E-state index contributed by atoms with van der Waals surface area (Å²) in [5, 5.41) is 7.03. The largest absolute Gasteiger partial charge is 0.307 e. The zero-order chi connectivity index (χ0) is 20.0. The maximum absolute atomic E-state index is 6.69. The van der Waals surface area contributed by atoms with E-state index in [0.717, 1.165) is 17.1 Å². The molecule has 0 radical (unpaired) electrons. The molecule has 0 aliphatic rings. The maximum Gasteiger partial charge on any atom is 0.0832 e. The Morgan fingerprint density at radius 3 is 2.38 bits per heavy atom. The van der Waals surface area contributed by atoms with Gasteiger partial charge in [-0.1, -0.05) is 71.7 Å². The second-order valence-electron chi connectivity index (χ2n) is 6.98. The van der Waals surface area contributed by atoms with Gasteiger partial charge in [-0.2, -0.15) is 0 Å². The Morgan fingerprint density at radius 1 is 0.793 bits per heavy atom. The van der Waals surface area contributed by atoms with Gasteiger partial charge < -0.3 is 4.90 Å². The van der Waals surface area contributed by atoms with Crippen molar-refractivity contribution in [2.45, 2.75) is 6.92 Å². The van der Waals surface area contributed by atoms with E-state index in [-0.39, 0.29) is 0 Å². The minimum atomic E-state index is 0.547. The summed E-state index contributed by atoms with van der Waals surface area (Å²) in [6.07, 6.45) is 0. The van der Waals surface area contributed by atoms with E-state index in [2.05, 4.69) is 59.7 Å². The van der Waals surface area contributed by atoms with Gasteiger partial charge in [0, 0.05) is 21.2 Å². The summed E-state index contributed by atoms with van der Waals surface area (Å²) in [4.78, 5) is 2.21. The van der Waals surface area contributed by atoms with E-state index < -0.39 is 0 Å². The lowest BCUT2D eigenvalue weighted by Gasteiger charge is -2.26. The molecule has 1 heterocycles. The Balaban J connectivity index is 1.89. The molecule has 1 nitrogen and oxygen atoms in total. The van der Waals surface area contributed by atoms with Crippen LogP contribution in [0.1, 0.15) is 5.56 Å². The molecule has 0 aliphatic carbocycles. The molecule has 0 amide bonds. The molecule has 5 aromatic rings. The first-order valence-corrected chi connectivity index (χ1v) is 11.0. The van der Waals surface area contributed by atoms with Crippen molar-refractivity contribution in [3.05, 3.63) is 99.9 Å². The predicted octanol–water partition coefficient (Wildman–Crippen LogP) is 9.14. The Kier molecular flexibility index (Phi) is 4.71. The van der Waals surface area contributed by atoms with Gasteiger partial charge in [0.05, 0.1) is 21.4 Å². The Labute approximate surface area is 183 Å². The molecule has 0 N–H and O–H groups in total. The normalized spacial score (nSPS) is 11.3. The molecule has 1 aromatic heterocycles. The molecule has 0 saturated heterocycles. The Hall–Kier alpha value is -2.52. The molecule has 0 bridgehead atoms. The zero-order valence-electron chi connectivity index (χ0n) is 15.7. The third-order valence-electron chi connectivity index (χ3n) is 5.16. The monoisotopic (exact) mass is 433 g/mol. The first-order valence-electron chi connectivity index (χ1n) is 9.34. The van der Waals surface area contributed by atoms with Gasteiger partial charge in [-0.15, -0.1) is 11.3 Å². The van der Waals surface area contributed by atoms with Crippen LogP contribution in [-0.2, 0) is 0 Å². The number of thiophene rings is 1. The Bertz CT molecular complexity index is 1340. The van der Waals surface area contributed by atoms with Crippen LogP contribution >= 0.6 is 34.5 Å². The van der Waals surface area contributed by atoms with Crippen LogP contribution in [-0.4, -0.2) is 0 Å². The smallest absolute Gasteiger partial charge is 0.0832 e. The van der Waals surface area contributed by atoms with Gasteiger partial charge in [0.25, 0.3) is 0 Å². The van der Waals surface area contributed by atoms with Crippen LogP contribution in [0.4, 0.5) is 17.1 Å². The molecular formula is C25H17Cl2NS. The van der Waals surface area contributed by atoms with Crippen molar-refractivity contribution >= 4 is 72.5 Å². The van der Waals surface area contributed by atoms with Gasteiger partial charge in [0.1, 0.15) is 0 Å². The van der Waals surface area contributed by atoms with E-state index >= 15 is 0 Å². The number of aryl methyl sites for hydroxylation is 1. The molecule has 0 spiro atoms. The van der Waals surface area contributed by atoms with E-state index in [4.69, 9.17) is 23.2 Å². The summed E-state index contributed by atoms with van der Waals surface area (Å²) in [6.45, 7) is 2.17. The van der Waals surface area contributed by atoms with Crippen molar-refractivity contribution in [1.82, 2.24) is 0 Å². The summed E-state index contributed by atoms with van der Waals surface area (Å²) in [6, 6.07) is 26.9. The molecule has 4 heteroatoms. The molecular weight excluding hydrogens is 417 g/mol. The molecule has 0 atom stereocenters. The number of nitrogens with zero attached hydrogens (tertiary/aromatic N) is 1. The molecule has 29 heavy (non-hydrogen) atoms. The van der Waals surface area contributed by atoms with Gasteiger partial charge in [-0.05, 0) is 53.6 Å². The van der Waals surface area contributed by atoms with Crippen LogP contribution in [0.25, 0.3) is 20.9 Å². The zero-order valence-corrected chi connectivity index (χ0v) is 18.0. The highest BCUT2D eigenvalue weighted by atomic mass is 35.5. The van der Waals surface area contributed by atoms with Crippen LogP contribution < -0.4 is 4.90 Å². The standard InChI is InChI=1S/C25H17Cl2NS/c1-16-14-17-8-5-6-11-19(17)23-22(15-29-25(16)23)28(18-9-3-2-4-10-18)21-13-7-12-20(26)24(21)27/h2-15H,1H3. The van der Waals surface area contributed by atoms with Gasteiger partial charge >= 0.3 is 0 Å². The minimum absolute atomic E-state index is 0.547. The quantitative estimate of drug-likeness (QED) is 0.274. The van der Waals surface area contributed by atoms with Gasteiger partial charge in [0.15, 0.2) is 0 Å². The van der Waals surface area contributed by atoms with Crippen molar-refractivity contribution in [2.24, 2.45) is 0 Å². The van der Waals surface area contributed by atoms with Crippen molar-refractivity contribution in [1.29, 1.82) is 0 Å². The Morgan fingerprint density at radius 2 is 1.55 bits per heavy atom. The minimum Gasteiger partial charge on any atom is -0.307 e. The van der Waals surface area contributed by atoms with Gasteiger partial charge in [-0.3, -0.25) is 0 Å². The van der Waals surface area contributed by atoms with Crippen molar-refractivity contribution in [3.63, 3.8) is 0 Å². The van der Waals surface area contributed by atoms with Crippen molar-refractivity contribution < 1.29 is 0 Å². The molecule has 0 fully saturated rings.